The van der Waals surface area contributed by atoms with E-state index >= 15 is 0 Å². The third-order valence-electron chi connectivity index (χ3n) is 6.30. The average molecular weight is 406 g/mol. The first-order valence-electron chi connectivity index (χ1n) is 10.7. The summed E-state index contributed by atoms with van der Waals surface area (Å²) in [5.41, 5.74) is 2.91. The molecule has 2 aromatic heterocycles. The van der Waals surface area contributed by atoms with Gasteiger partial charge >= 0.3 is 0 Å². The SMILES string of the molecule is Cn1c(C2CCN(c3ccc(C(=O)N4CCOCC4)cn3)CC2)nc2ccccc21. The molecular formula is C23H27N5O2. The Morgan fingerprint density at radius 2 is 1.80 bits per heavy atom. The second-order valence-electron chi connectivity index (χ2n) is 8.09. The maximum atomic E-state index is 12.6. The van der Waals surface area contributed by atoms with E-state index in [1.165, 1.54) is 11.3 Å². The van der Waals surface area contributed by atoms with Crippen molar-refractivity contribution in [3.63, 3.8) is 0 Å². The third-order valence-corrected chi connectivity index (χ3v) is 6.30. The lowest BCUT2D eigenvalue weighted by molar-refractivity contribution is 0.0302. The number of imidazole rings is 1. The minimum atomic E-state index is 0.0397. The van der Waals surface area contributed by atoms with Crippen molar-refractivity contribution in [3.8, 4) is 0 Å². The Labute approximate surface area is 176 Å². The van der Waals surface area contributed by atoms with E-state index in [2.05, 4.69) is 39.7 Å². The summed E-state index contributed by atoms with van der Waals surface area (Å²) in [6.07, 6.45) is 3.81. The number of ether oxygens (including phenoxy) is 1. The van der Waals surface area contributed by atoms with Gasteiger partial charge in [0.1, 0.15) is 11.6 Å². The van der Waals surface area contributed by atoms with Crippen LogP contribution in [0, 0.1) is 0 Å². The normalized spacial score (nSPS) is 18.2. The van der Waals surface area contributed by atoms with Crippen LogP contribution in [0.25, 0.3) is 11.0 Å². The van der Waals surface area contributed by atoms with Crippen molar-refractivity contribution in [2.45, 2.75) is 18.8 Å². The molecule has 156 valence electrons. The molecule has 1 aromatic carbocycles. The first kappa shape index (κ1) is 19.1. The smallest absolute Gasteiger partial charge is 0.255 e. The van der Waals surface area contributed by atoms with Crippen molar-refractivity contribution in [3.05, 3.63) is 54.0 Å². The molecule has 0 unspecified atom stereocenters. The van der Waals surface area contributed by atoms with Crippen LogP contribution in [0.4, 0.5) is 5.82 Å². The van der Waals surface area contributed by atoms with E-state index in [0.29, 0.717) is 37.8 Å². The summed E-state index contributed by atoms with van der Waals surface area (Å²) in [5, 5.41) is 0. The molecule has 1 amide bonds. The molecule has 5 rings (SSSR count). The Morgan fingerprint density at radius 1 is 1.03 bits per heavy atom. The summed E-state index contributed by atoms with van der Waals surface area (Å²) in [4.78, 5) is 26.2. The van der Waals surface area contributed by atoms with Crippen molar-refractivity contribution in [1.29, 1.82) is 0 Å². The number of pyridine rings is 1. The van der Waals surface area contributed by atoms with Crippen molar-refractivity contribution >= 4 is 22.8 Å². The van der Waals surface area contributed by atoms with Crippen LogP contribution < -0.4 is 4.90 Å². The molecule has 0 saturated carbocycles. The zero-order valence-electron chi connectivity index (χ0n) is 17.3. The minimum absolute atomic E-state index is 0.0397. The van der Waals surface area contributed by atoms with Gasteiger partial charge in [-0.2, -0.15) is 0 Å². The van der Waals surface area contributed by atoms with Gasteiger partial charge in [0, 0.05) is 45.3 Å². The molecule has 0 atom stereocenters. The Morgan fingerprint density at radius 3 is 2.50 bits per heavy atom. The number of hydrogen-bond donors (Lipinski definition) is 0. The Bertz CT molecular complexity index is 1030. The largest absolute Gasteiger partial charge is 0.378 e. The highest BCUT2D eigenvalue weighted by molar-refractivity contribution is 5.94. The molecule has 3 aromatic rings. The number of carbonyl (C=O) groups excluding carboxylic acids is 1. The molecule has 2 aliphatic rings. The molecule has 0 bridgehead atoms. The fourth-order valence-electron chi connectivity index (χ4n) is 4.54. The highest BCUT2D eigenvalue weighted by Gasteiger charge is 2.26. The van der Waals surface area contributed by atoms with E-state index in [4.69, 9.17) is 9.72 Å². The molecule has 2 aliphatic heterocycles. The number of piperidine rings is 1. The van der Waals surface area contributed by atoms with E-state index in [0.717, 1.165) is 37.3 Å². The lowest BCUT2D eigenvalue weighted by Crippen LogP contribution is -2.40. The molecule has 7 nitrogen and oxygen atoms in total. The van der Waals surface area contributed by atoms with Crippen LogP contribution in [0.5, 0.6) is 0 Å². The van der Waals surface area contributed by atoms with Gasteiger partial charge in [-0.1, -0.05) is 12.1 Å². The summed E-state index contributed by atoms with van der Waals surface area (Å²) in [6.45, 7) is 4.40. The number of rotatable bonds is 3. The number of anilines is 1. The van der Waals surface area contributed by atoms with E-state index in [9.17, 15) is 4.79 Å². The topological polar surface area (TPSA) is 63.5 Å². The number of hydrogen-bond acceptors (Lipinski definition) is 5. The fraction of sp³-hybridized carbons (Fsp3) is 0.435. The van der Waals surface area contributed by atoms with Gasteiger partial charge < -0.3 is 19.1 Å². The van der Waals surface area contributed by atoms with Crippen molar-refractivity contribution in [1.82, 2.24) is 19.4 Å². The Hall–Kier alpha value is -2.93. The molecular weight excluding hydrogens is 378 g/mol. The summed E-state index contributed by atoms with van der Waals surface area (Å²) in [6, 6.07) is 12.2. The van der Waals surface area contributed by atoms with Gasteiger partial charge in [-0.15, -0.1) is 0 Å². The van der Waals surface area contributed by atoms with Crippen LogP contribution in [-0.2, 0) is 11.8 Å². The fourth-order valence-corrected chi connectivity index (χ4v) is 4.54. The molecule has 0 N–H and O–H groups in total. The highest BCUT2D eigenvalue weighted by atomic mass is 16.5. The Kier molecular flexibility index (Phi) is 5.12. The number of carbonyl (C=O) groups is 1. The second-order valence-corrected chi connectivity index (χ2v) is 8.09. The van der Waals surface area contributed by atoms with E-state index in [1.54, 1.807) is 6.20 Å². The van der Waals surface area contributed by atoms with Gasteiger partial charge in [-0.25, -0.2) is 9.97 Å². The van der Waals surface area contributed by atoms with Crippen LogP contribution in [0.3, 0.4) is 0 Å². The van der Waals surface area contributed by atoms with Gasteiger partial charge in [0.2, 0.25) is 0 Å². The number of morpholine rings is 1. The number of aromatic nitrogens is 3. The molecule has 2 saturated heterocycles. The van der Waals surface area contributed by atoms with Crippen molar-refractivity contribution in [2.24, 2.45) is 7.05 Å². The first-order chi connectivity index (χ1) is 14.7. The lowest BCUT2D eigenvalue weighted by Gasteiger charge is -2.32. The average Bonchev–Trinajstić information content (AvgIpc) is 3.16. The summed E-state index contributed by atoms with van der Waals surface area (Å²) >= 11 is 0. The molecule has 0 radical (unpaired) electrons. The van der Waals surface area contributed by atoms with Gasteiger partial charge in [0.15, 0.2) is 0 Å². The number of para-hydroxylation sites is 2. The third kappa shape index (κ3) is 3.54. The van der Waals surface area contributed by atoms with Crippen LogP contribution in [-0.4, -0.2) is 64.7 Å². The Balaban J connectivity index is 1.24. The summed E-state index contributed by atoms with van der Waals surface area (Å²) in [7, 11) is 2.11. The first-order valence-corrected chi connectivity index (χ1v) is 10.7. The molecule has 0 spiro atoms. The number of benzene rings is 1. The quantitative estimate of drug-likeness (QED) is 0.671. The van der Waals surface area contributed by atoms with Gasteiger partial charge in [-0.05, 0) is 37.1 Å². The number of aryl methyl sites for hydroxylation is 1. The van der Waals surface area contributed by atoms with Gasteiger partial charge in [0.25, 0.3) is 5.91 Å². The summed E-state index contributed by atoms with van der Waals surface area (Å²) < 4.78 is 7.56. The number of fused-ring (bicyclic) bond motifs is 1. The van der Waals surface area contributed by atoms with Crippen molar-refractivity contribution in [2.75, 3.05) is 44.3 Å². The minimum Gasteiger partial charge on any atom is -0.378 e. The molecule has 2 fully saturated rings. The van der Waals surface area contributed by atoms with Crippen LogP contribution in [0.15, 0.2) is 42.6 Å². The zero-order chi connectivity index (χ0) is 20.5. The van der Waals surface area contributed by atoms with Crippen LogP contribution >= 0.6 is 0 Å². The maximum Gasteiger partial charge on any atom is 0.255 e. The van der Waals surface area contributed by atoms with Crippen molar-refractivity contribution < 1.29 is 9.53 Å². The molecule has 30 heavy (non-hydrogen) atoms. The molecule has 7 heteroatoms. The maximum absolute atomic E-state index is 12.6. The number of nitrogens with zero attached hydrogens (tertiary/aromatic N) is 5. The zero-order valence-corrected chi connectivity index (χ0v) is 17.3. The second kappa shape index (κ2) is 8.07. The highest BCUT2D eigenvalue weighted by Crippen LogP contribution is 2.31. The van der Waals surface area contributed by atoms with Gasteiger partial charge in [0.05, 0.1) is 29.8 Å². The molecule has 4 heterocycles. The van der Waals surface area contributed by atoms with E-state index in [-0.39, 0.29) is 5.91 Å². The van der Waals surface area contributed by atoms with E-state index in [1.807, 2.05) is 23.1 Å². The standard InChI is InChI=1S/C23H27N5O2/c1-26-20-5-3-2-4-19(20)25-22(26)17-8-10-27(11-9-17)21-7-6-18(16-24-21)23(29)28-12-14-30-15-13-28/h2-7,16-17H,8-15H2,1H3. The van der Waals surface area contributed by atoms with Crippen LogP contribution in [0.1, 0.15) is 34.9 Å². The lowest BCUT2D eigenvalue weighted by atomic mass is 9.96. The predicted molar refractivity (Wildman–Crippen MR) is 116 cm³/mol. The van der Waals surface area contributed by atoms with E-state index < -0.39 is 0 Å². The monoisotopic (exact) mass is 405 g/mol. The van der Waals surface area contributed by atoms with Gasteiger partial charge in [-0.3, -0.25) is 4.79 Å². The number of amides is 1. The van der Waals surface area contributed by atoms with Crippen LogP contribution in [0.2, 0.25) is 0 Å². The summed E-state index contributed by atoms with van der Waals surface area (Å²) in [5.74, 6) is 2.62. The molecule has 0 aliphatic carbocycles. The predicted octanol–water partition coefficient (Wildman–Crippen LogP) is 2.82.